The second-order valence-corrected chi connectivity index (χ2v) is 6.40. The summed E-state index contributed by atoms with van der Waals surface area (Å²) in [6.45, 7) is 5.75. The number of hydrogen-bond acceptors (Lipinski definition) is 4. The predicted octanol–water partition coefficient (Wildman–Crippen LogP) is 3.52. The maximum atomic E-state index is 12.0. The number of nitrogens with zero attached hydrogens (tertiary/aromatic N) is 1. The number of carbonyl (C=O) groups is 1. The molecule has 1 aromatic heterocycles. The minimum atomic E-state index is -0.120. The standard InChI is InChI=1S/C20H27N3O2/c1-15(2)10-12-22-20(24)19-9-6-17(14-23-19)21-13-11-16-4-7-18(25-3)8-5-16/h4-9,14-15,21H,10-13H2,1-3H3,(H,22,24). The maximum absolute atomic E-state index is 12.0. The van der Waals surface area contributed by atoms with Crippen LogP contribution in [0.2, 0.25) is 0 Å². The summed E-state index contributed by atoms with van der Waals surface area (Å²) in [6, 6.07) is 11.7. The lowest BCUT2D eigenvalue weighted by Gasteiger charge is -2.09. The van der Waals surface area contributed by atoms with Crippen molar-refractivity contribution in [2.45, 2.75) is 26.7 Å². The third-order valence-corrected chi connectivity index (χ3v) is 3.91. The first-order valence-corrected chi connectivity index (χ1v) is 8.69. The van der Waals surface area contributed by atoms with Crippen LogP contribution in [0.25, 0.3) is 0 Å². The van der Waals surface area contributed by atoms with Crippen LogP contribution in [-0.2, 0) is 6.42 Å². The average Bonchev–Trinajstić information content (AvgIpc) is 2.62. The molecule has 1 aromatic carbocycles. The smallest absolute Gasteiger partial charge is 0.269 e. The van der Waals surface area contributed by atoms with Crippen molar-refractivity contribution in [3.05, 3.63) is 53.9 Å². The Morgan fingerprint density at radius 3 is 2.48 bits per heavy atom. The van der Waals surface area contributed by atoms with Crippen LogP contribution in [-0.4, -0.2) is 31.1 Å². The zero-order valence-electron chi connectivity index (χ0n) is 15.2. The molecular formula is C20H27N3O2. The van der Waals surface area contributed by atoms with Gasteiger partial charge in [0.15, 0.2) is 0 Å². The Hall–Kier alpha value is -2.56. The van der Waals surface area contributed by atoms with Crippen molar-refractivity contribution < 1.29 is 9.53 Å². The van der Waals surface area contributed by atoms with E-state index in [9.17, 15) is 4.79 Å². The Morgan fingerprint density at radius 1 is 1.12 bits per heavy atom. The molecule has 0 atom stereocenters. The molecule has 2 N–H and O–H groups in total. The van der Waals surface area contributed by atoms with Gasteiger partial charge < -0.3 is 15.4 Å². The predicted molar refractivity (Wildman–Crippen MR) is 101 cm³/mol. The van der Waals surface area contributed by atoms with Gasteiger partial charge in [-0.05, 0) is 48.6 Å². The van der Waals surface area contributed by atoms with Gasteiger partial charge in [0.05, 0.1) is 19.0 Å². The van der Waals surface area contributed by atoms with Gasteiger partial charge in [-0.15, -0.1) is 0 Å². The monoisotopic (exact) mass is 341 g/mol. The Balaban J connectivity index is 1.76. The molecule has 0 aliphatic heterocycles. The number of pyridine rings is 1. The minimum Gasteiger partial charge on any atom is -0.497 e. The fraction of sp³-hybridized carbons (Fsp3) is 0.400. The van der Waals surface area contributed by atoms with Gasteiger partial charge in [-0.1, -0.05) is 26.0 Å². The highest BCUT2D eigenvalue weighted by Crippen LogP contribution is 2.12. The lowest BCUT2D eigenvalue weighted by atomic mass is 10.1. The summed E-state index contributed by atoms with van der Waals surface area (Å²) in [5.41, 5.74) is 2.60. The van der Waals surface area contributed by atoms with E-state index in [-0.39, 0.29) is 5.91 Å². The number of aromatic nitrogens is 1. The van der Waals surface area contributed by atoms with Crippen molar-refractivity contribution in [2.75, 3.05) is 25.5 Å². The zero-order valence-corrected chi connectivity index (χ0v) is 15.2. The quantitative estimate of drug-likeness (QED) is 0.732. The van der Waals surface area contributed by atoms with Gasteiger partial charge in [0.2, 0.25) is 0 Å². The first-order valence-electron chi connectivity index (χ1n) is 8.69. The summed E-state index contributed by atoms with van der Waals surface area (Å²) in [7, 11) is 1.66. The summed E-state index contributed by atoms with van der Waals surface area (Å²) >= 11 is 0. The zero-order chi connectivity index (χ0) is 18.1. The largest absolute Gasteiger partial charge is 0.497 e. The van der Waals surface area contributed by atoms with E-state index in [4.69, 9.17) is 4.74 Å². The van der Waals surface area contributed by atoms with Crippen molar-refractivity contribution in [1.82, 2.24) is 10.3 Å². The van der Waals surface area contributed by atoms with E-state index in [2.05, 4.69) is 41.6 Å². The molecule has 0 saturated heterocycles. The molecule has 0 spiro atoms. The van der Waals surface area contributed by atoms with Crippen LogP contribution in [0.15, 0.2) is 42.6 Å². The van der Waals surface area contributed by atoms with Gasteiger partial charge in [-0.2, -0.15) is 0 Å². The summed E-state index contributed by atoms with van der Waals surface area (Å²) < 4.78 is 5.15. The van der Waals surface area contributed by atoms with Gasteiger partial charge in [0.1, 0.15) is 11.4 Å². The molecule has 0 unspecified atom stereocenters. The van der Waals surface area contributed by atoms with Crippen molar-refractivity contribution in [3.8, 4) is 5.75 Å². The van der Waals surface area contributed by atoms with Crippen molar-refractivity contribution in [2.24, 2.45) is 5.92 Å². The Morgan fingerprint density at radius 2 is 1.88 bits per heavy atom. The van der Waals surface area contributed by atoms with E-state index in [1.807, 2.05) is 18.2 Å². The molecule has 0 fully saturated rings. The third kappa shape index (κ3) is 6.45. The molecule has 0 saturated carbocycles. The lowest BCUT2D eigenvalue weighted by molar-refractivity contribution is 0.0947. The number of carbonyl (C=O) groups excluding carboxylic acids is 1. The highest BCUT2D eigenvalue weighted by molar-refractivity contribution is 5.92. The molecule has 1 heterocycles. The van der Waals surface area contributed by atoms with Crippen LogP contribution >= 0.6 is 0 Å². The molecule has 1 amide bonds. The molecule has 5 heteroatoms. The molecule has 0 bridgehead atoms. The van der Waals surface area contributed by atoms with E-state index in [0.717, 1.165) is 30.8 Å². The van der Waals surface area contributed by atoms with Gasteiger partial charge in [0.25, 0.3) is 5.91 Å². The molecule has 5 nitrogen and oxygen atoms in total. The van der Waals surface area contributed by atoms with Crippen molar-refractivity contribution >= 4 is 11.6 Å². The van der Waals surface area contributed by atoms with Crippen LogP contribution in [0.1, 0.15) is 36.3 Å². The van der Waals surface area contributed by atoms with E-state index in [1.165, 1.54) is 5.56 Å². The summed E-state index contributed by atoms with van der Waals surface area (Å²) in [4.78, 5) is 16.2. The van der Waals surface area contributed by atoms with E-state index < -0.39 is 0 Å². The molecule has 2 rings (SSSR count). The van der Waals surface area contributed by atoms with Crippen LogP contribution in [0.3, 0.4) is 0 Å². The second kappa shape index (κ2) is 9.67. The van der Waals surface area contributed by atoms with Crippen LogP contribution < -0.4 is 15.4 Å². The van der Waals surface area contributed by atoms with Gasteiger partial charge >= 0.3 is 0 Å². The molecule has 0 radical (unpaired) electrons. The number of benzene rings is 1. The highest BCUT2D eigenvalue weighted by atomic mass is 16.5. The third-order valence-electron chi connectivity index (χ3n) is 3.91. The maximum Gasteiger partial charge on any atom is 0.269 e. The minimum absolute atomic E-state index is 0.120. The van der Waals surface area contributed by atoms with Gasteiger partial charge in [-0.3, -0.25) is 4.79 Å². The number of ether oxygens (including phenoxy) is 1. The number of rotatable bonds is 9. The lowest BCUT2D eigenvalue weighted by Crippen LogP contribution is -2.26. The topological polar surface area (TPSA) is 63.2 Å². The summed E-state index contributed by atoms with van der Waals surface area (Å²) in [5.74, 6) is 1.32. The molecule has 2 aromatic rings. The van der Waals surface area contributed by atoms with Crippen LogP contribution in [0, 0.1) is 5.92 Å². The number of nitrogens with one attached hydrogen (secondary N) is 2. The van der Waals surface area contributed by atoms with Gasteiger partial charge in [-0.25, -0.2) is 4.98 Å². The highest BCUT2D eigenvalue weighted by Gasteiger charge is 2.06. The first kappa shape index (κ1) is 18.8. The first-order chi connectivity index (χ1) is 12.1. The Labute approximate surface area is 149 Å². The average molecular weight is 341 g/mol. The molecule has 0 aliphatic rings. The normalized spacial score (nSPS) is 10.6. The number of anilines is 1. The van der Waals surface area contributed by atoms with E-state index in [1.54, 1.807) is 19.4 Å². The number of hydrogen-bond donors (Lipinski definition) is 2. The summed E-state index contributed by atoms with van der Waals surface area (Å²) in [5, 5.41) is 6.21. The Bertz CT molecular complexity index is 652. The Kier molecular flexibility index (Phi) is 7.26. The SMILES string of the molecule is COc1ccc(CCNc2ccc(C(=O)NCCC(C)C)nc2)cc1. The molecule has 25 heavy (non-hydrogen) atoms. The fourth-order valence-corrected chi connectivity index (χ4v) is 2.34. The fourth-order valence-electron chi connectivity index (χ4n) is 2.34. The number of amides is 1. The van der Waals surface area contributed by atoms with Crippen molar-refractivity contribution in [1.29, 1.82) is 0 Å². The summed E-state index contributed by atoms with van der Waals surface area (Å²) in [6.07, 6.45) is 3.57. The molecule has 134 valence electrons. The van der Waals surface area contributed by atoms with Crippen LogP contribution in [0.5, 0.6) is 5.75 Å². The van der Waals surface area contributed by atoms with E-state index >= 15 is 0 Å². The second-order valence-electron chi connectivity index (χ2n) is 6.40. The van der Waals surface area contributed by atoms with Crippen LogP contribution in [0.4, 0.5) is 5.69 Å². The van der Waals surface area contributed by atoms with E-state index in [0.29, 0.717) is 18.2 Å². The van der Waals surface area contributed by atoms with Gasteiger partial charge in [0, 0.05) is 13.1 Å². The molecule has 0 aliphatic carbocycles. The molecular weight excluding hydrogens is 314 g/mol. The van der Waals surface area contributed by atoms with Crippen molar-refractivity contribution in [3.63, 3.8) is 0 Å². The number of methoxy groups -OCH3 is 1.